The predicted molar refractivity (Wildman–Crippen MR) is 156 cm³/mol. The third-order valence-electron chi connectivity index (χ3n) is 6.86. The number of aromatic nitrogens is 2. The van der Waals surface area contributed by atoms with Gasteiger partial charge in [-0.1, -0.05) is 78.9 Å². The first-order valence-electron chi connectivity index (χ1n) is 13.4. The highest BCUT2D eigenvalue weighted by Gasteiger charge is 2.22. The Morgan fingerprint density at radius 3 is 2.15 bits per heavy atom. The van der Waals surface area contributed by atoms with Crippen LogP contribution in [-0.2, 0) is 17.7 Å². The van der Waals surface area contributed by atoms with Crippen molar-refractivity contribution in [3.8, 4) is 0 Å². The molecule has 0 radical (unpaired) electrons. The summed E-state index contributed by atoms with van der Waals surface area (Å²) in [4.78, 5) is 28.9. The third-order valence-corrected chi connectivity index (χ3v) is 6.86. The standard InChI is InChI=1S/C34H34N2O3/c1-34(2,3)39-33(38)28-22-35-29-18-10-16-26(32(28)29)17-11-21-36-23-27(19-20-30(36)37)31(24-12-6-4-7-13-24)25-14-8-5-9-15-25/h4-10,12-16,18-20,22-23,31,35H,11,17,21H2,1-3H3. The lowest BCUT2D eigenvalue weighted by molar-refractivity contribution is 0.00718. The zero-order valence-corrected chi connectivity index (χ0v) is 22.7. The maximum Gasteiger partial charge on any atom is 0.340 e. The van der Waals surface area contributed by atoms with E-state index >= 15 is 0 Å². The molecule has 5 heteroatoms. The van der Waals surface area contributed by atoms with Gasteiger partial charge in [-0.2, -0.15) is 0 Å². The van der Waals surface area contributed by atoms with E-state index in [1.54, 1.807) is 16.8 Å². The highest BCUT2D eigenvalue weighted by Crippen LogP contribution is 2.31. The molecule has 5 aromatic rings. The summed E-state index contributed by atoms with van der Waals surface area (Å²) in [5.74, 6) is -0.303. The second kappa shape index (κ2) is 11.2. The molecular formula is C34H34N2O3. The molecule has 39 heavy (non-hydrogen) atoms. The van der Waals surface area contributed by atoms with E-state index in [0.717, 1.165) is 34.9 Å². The molecule has 0 atom stereocenters. The molecule has 0 saturated carbocycles. The fraction of sp³-hybridized carbons (Fsp3) is 0.235. The molecule has 5 rings (SSSR count). The van der Waals surface area contributed by atoms with Gasteiger partial charge >= 0.3 is 5.97 Å². The van der Waals surface area contributed by atoms with E-state index in [1.165, 1.54) is 11.1 Å². The molecule has 0 aliphatic carbocycles. The molecule has 0 unspecified atom stereocenters. The van der Waals surface area contributed by atoms with Crippen LogP contribution in [0.4, 0.5) is 0 Å². The highest BCUT2D eigenvalue weighted by molar-refractivity contribution is 6.05. The molecule has 0 saturated heterocycles. The molecule has 2 heterocycles. The number of aromatic amines is 1. The van der Waals surface area contributed by atoms with Crippen molar-refractivity contribution in [1.82, 2.24) is 9.55 Å². The van der Waals surface area contributed by atoms with Crippen LogP contribution in [0, 0.1) is 0 Å². The maximum absolute atomic E-state index is 12.9. The lowest BCUT2D eigenvalue weighted by Crippen LogP contribution is -2.23. The van der Waals surface area contributed by atoms with Gasteiger partial charge in [0.2, 0.25) is 0 Å². The number of carbonyl (C=O) groups excluding carboxylic acids is 1. The first-order chi connectivity index (χ1) is 18.8. The van der Waals surface area contributed by atoms with Crippen molar-refractivity contribution >= 4 is 16.9 Å². The first kappa shape index (κ1) is 26.2. The number of hydrogen-bond acceptors (Lipinski definition) is 3. The fourth-order valence-electron chi connectivity index (χ4n) is 5.17. The Bertz CT molecular complexity index is 1590. The second-order valence-electron chi connectivity index (χ2n) is 10.9. The summed E-state index contributed by atoms with van der Waals surface area (Å²) in [5, 5.41) is 0.890. The van der Waals surface area contributed by atoms with E-state index < -0.39 is 5.60 Å². The van der Waals surface area contributed by atoms with E-state index in [-0.39, 0.29) is 17.4 Å². The van der Waals surface area contributed by atoms with Crippen LogP contribution in [0.3, 0.4) is 0 Å². The molecule has 0 fully saturated rings. The van der Waals surface area contributed by atoms with Gasteiger partial charge in [0.15, 0.2) is 0 Å². The van der Waals surface area contributed by atoms with Crippen molar-refractivity contribution in [3.63, 3.8) is 0 Å². The van der Waals surface area contributed by atoms with Crippen molar-refractivity contribution in [1.29, 1.82) is 0 Å². The molecule has 3 aromatic carbocycles. The lowest BCUT2D eigenvalue weighted by atomic mass is 9.86. The van der Waals surface area contributed by atoms with Gasteiger partial charge in [0.1, 0.15) is 5.60 Å². The molecule has 1 N–H and O–H groups in total. The molecule has 0 amide bonds. The number of H-pyrrole nitrogens is 1. The average Bonchev–Trinajstić information content (AvgIpc) is 3.36. The molecule has 5 nitrogen and oxygen atoms in total. The second-order valence-corrected chi connectivity index (χ2v) is 10.9. The van der Waals surface area contributed by atoms with Gasteiger partial charge < -0.3 is 14.3 Å². The van der Waals surface area contributed by atoms with Crippen molar-refractivity contribution in [2.24, 2.45) is 0 Å². The van der Waals surface area contributed by atoms with Gasteiger partial charge in [-0.15, -0.1) is 0 Å². The van der Waals surface area contributed by atoms with E-state index in [2.05, 4.69) is 53.5 Å². The SMILES string of the molecule is CC(C)(C)OC(=O)c1c[nH]c2cccc(CCCn3cc(C(c4ccccc4)c4ccccc4)ccc3=O)c12. The van der Waals surface area contributed by atoms with Crippen LogP contribution in [0.1, 0.15) is 65.7 Å². The van der Waals surface area contributed by atoms with Crippen LogP contribution in [0.25, 0.3) is 10.9 Å². The Labute approximate surface area is 229 Å². The van der Waals surface area contributed by atoms with Gasteiger partial charge in [0, 0.05) is 41.8 Å². The number of hydrogen-bond donors (Lipinski definition) is 1. The number of rotatable bonds is 8. The highest BCUT2D eigenvalue weighted by atomic mass is 16.6. The molecule has 198 valence electrons. The number of esters is 1. The molecule has 0 aliphatic rings. The van der Waals surface area contributed by atoms with Gasteiger partial charge in [0.05, 0.1) is 5.56 Å². The number of aryl methyl sites for hydroxylation is 2. The van der Waals surface area contributed by atoms with Gasteiger partial charge in [0.25, 0.3) is 5.56 Å². The summed E-state index contributed by atoms with van der Waals surface area (Å²) in [5.41, 5.74) is 5.36. The van der Waals surface area contributed by atoms with Gasteiger partial charge in [-0.05, 0) is 61.9 Å². The molecular weight excluding hydrogens is 484 g/mol. The normalized spacial score (nSPS) is 11.7. The summed E-state index contributed by atoms with van der Waals surface area (Å²) in [6.45, 7) is 6.18. The number of benzene rings is 3. The van der Waals surface area contributed by atoms with Crippen molar-refractivity contribution in [3.05, 3.63) is 142 Å². The number of pyridine rings is 1. The summed E-state index contributed by atoms with van der Waals surface area (Å²) < 4.78 is 7.44. The minimum absolute atomic E-state index is 0.0204. The van der Waals surface area contributed by atoms with Crippen LogP contribution in [0.15, 0.2) is 108 Å². The quantitative estimate of drug-likeness (QED) is 0.223. The number of fused-ring (bicyclic) bond motifs is 1. The number of nitrogens with zero attached hydrogens (tertiary/aromatic N) is 1. The smallest absolute Gasteiger partial charge is 0.340 e. The van der Waals surface area contributed by atoms with Crippen molar-refractivity contribution in [2.45, 2.75) is 51.7 Å². The Balaban J connectivity index is 1.40. The third kappa shape index (κ3) is 6.04. The zero-order chi connectivity index (χ0) is 27.4. The van der Waals surface area contributed by atoms with E-state index in [9.17, 15) is 9.59 Å². The molecule has 0 spiro atoms. The number of carbonyl (C=O) groups is 1. The molecule has 2 aromatic heterocycles. The lowest BCUT2D eigenvalue weighted by Gasteiger charge is -2.20. The van der Waals surface area contributed by atoms with Crippen LogP contribution in [0.2, 0.25) is 0 Å². The van der Waals surface area contributed by atoms with Crippen LogP contribution in [-0.4, -0.2) is 21.1 Å². The Morgan fingerprint density at radius 1 is 0.846 bits per heavy atom. The number of nitrogens with one attached hydrogen (secondary N) is 1. The van der Waals surface area contributed by atoms with Crippen molar-refractivity contribution < 1.29 is 9.53 Å². The Kier molecular flexibility index (Phi) is 7.51. The monoisotopic (exact) mass is 518 g/mol. The van der Waals surface area contributed by atoms with E-state index in [4.69, 9.17) is 4.74 Å². The number of ether oxygens (including phenoxy) is 1. The largest absolute Gasteiger partial charge is 0.456 e. The topological polar surface area (TPSA) is 64.1 Å². The summed E-state index contributed by atoms with van der Waals surface area (Å²) in [7, 11) is 0. The van der Waals surface area contributed by atoms with Gasteiger partial charge in [-0.25, -0.2) is 4.79 Å². The van der Waals surface area contributed by atoms with Crippen molar-refractivity contribution in [2.75, 3.05) is 0 Å². The van der Waals surface area contributed by atoms with Crippen LogP contribution < -0.4 is 5.56 Å². The van der Waals surface area contributed by atoms with E-state index in [1.807, 2.05) is 63.4 Å². The van der Waals surface area contributed by atoms with Gasteiger partial charge in [-0.3, -0.25) is 4.79 Å². The molecule has 0 aliphatic heterocycles. The Morgan fingerprint density at radius 2 is 1.51 bits per heavy atom. The van der Waals surface area contributed by atoms with E-state index in [0.29, 0.717) is 12.1 Å². The fourth-order valence-corrected chi connectivity index (χ4v) is 5.17. The minimum Gasteiger partial charge on any atom is -0.456 e. The first-order valence-corrected chi connectivity index (χ1v) is 13.4. The predicted octanol–water partition coefficient (Wildman–Crippen LogP) is 7.10. The maximum atomic E-state index is 12.9. The zero-order valence-electron chi connectivity index (χ0n) is 22.7. The minimum atomic E-state index is -0.570. The van der Waals surface area contributed by atoms with Crippen LogP contribution >= 0.6 is 0 Å². The molecule has 0 bridgehead atoms. The summed E-state index contributed by atoms with van der Waals surface area (Å²) in [6.07, 6.45) is 5.20. The van der Waals surface area contributed by atoms with Crippen LogP contribution in [0.5, 0.6) is 0 Å². The average molecular weight is 519 g/mol. The summed E-state index contributed by atoms with van der Waals surface area (Å²) >= 11 is 0. The summed E-state index contributed by atoms with van der Waals surface area (Å²) in [6, 6.07) is 30.4. The Hall–Kier alpha value is -4.38.